The van der Waals surface area contributed by atoms with Gasteiger partial charge >= 0.3 is 0 Å². The van der Waals surface area contributed by atoms with E-state index in [1.165, 1.54) is 12.1 Å². The van der Waals surface area contributed by atoms with Crippen molar-refractivity contribution in [2.45, 2.75) is 25.3 Å². The van der Waals surface area contributed by atoms with Crippen molar-refractivity contribution in [2.24, 2.45) is 5.92 Å². The van der Waals surface area contributed by atoms with Crippen molar-refractivity contribution in [2.75, 3.05) is 0 Å². The molecular formula is C21H19FN2O. The van der Waals surface area contributed by atoms with Crippen LogP contribution >= 0.6 is 0 Å². The Labute approximate surface area is 145 Å². The Morgan fingerprint density at radius 2 is 1.96 bits per heavy atom. The summed E-state index contributed by atoms with van der Waals surface area (Å²) in [6.07, 6.45) is 6.61. The lowest BCUT2D eigenvalue weighted by atomic mass is 9.77. The second kappa shape index (κ2) is 6.63. The van der Waals surface area contributed by atoms with Crippen molar-refractivity contribution < 1.29 is 9.18 Å². The summed E-state index contributed by atoms with van der Waals surface area (Å²) in [7, 11) is 0. The Bertz CT molecular complexity index is 915. The van der Waals surface area contributed by atoms with Crippen LogP contribution in [0.1, 0.15) is 41.2 Å². The lowest BCUT2D eigenvalue weighted by Crippen LogP contribution is -2.36. The van der Waals surface area contributed by atoms with Gasteiger partial charge < -0.3 is 5.32 Å². The third-order valence-electron chi connectivity index (χ3n) is 5.03. The number of hydrogen-bond donors (Lipinski definition) is 1. The summed E-state index contributed by atoms with van der Waals surface area (Å²) in [5.74, 6) is -0.0814. The third-order valence-corrected chi connectivity index (χ3v) is 5.03. The molecule has 1 N–H and O–H groups in total. The zero-order chi connectivity index (χ0) is 17.2. The standard InChI is InChI=1S/C21H19FN2O/c22-17-9-4-8-15(11-17)20(14-6-3-7-14)24-21(25)19-13-23-12-16-5-1-2-10-18(16)19/h1-2,4-5,8-14,20H,3,6-7H2,(H,24,25)/t20-/m0/s1. The maximum absolute atomic E-state index is 13.7. The van der Waals surface area contributed by atoms with Gasteiger partial charge in [0.05, 0.1) is 11.6 Å². The zero-order valence-corrected chi connectivity index (χ0v) is 13.8. The molecule has 3 nitrogen and oxygen atoms in total. The molecular weight excluding hydrogens is 315 g/mol. The summed E-state index contributed by atoms with van der Waals surface area (Å²) in [6, 6.07) is 14.1. The highest BCUT2D eigenvalue weighted by Gasteiger charge is 2.30. The molecule has 1 atom stereocenters. The lowest BCUT2D eigenvalue weighted by molar-refractivity contribution is 0.0902. The SMILES string of the molecule is O=C(N[C@H](c1cccc(F)c1)C1CCC1)c1cncc2ccccc12. The first-order chi connectivity index (χ1) is 12.2. The number of carbonyl (C=O) groups is 1. The van der Waals surface area contributed by atoms with Gasteiger partial charge in [-0.05, 0) is 41.8 Å². The molecule has 1 aliphatic carbocycles. The van der Waals surface area contributed by atoms with E-state index in [9.17, 15) is 9.18 Å². The summed E-state index contributed by atoms with van der Waals surface area (Å²) < 4.78 is 13.7. The molecule has 0 saturated heterocycles. The van der Waals surface area contributed by atoms with Gasteiger partial charge in [-0.15, -0.1) is 0 Å². The van der Waals surface area contributed by atoms with E-state index >= 15 is 0 Å². The first-order valence-corrected chi connectivity index (χ1v) is 8.61. The molecule has 0 bridgehead atoms. The first kappa shape index (κ1) is 15.8. The van der Waals surface area contributed by atoms with E-state index in [0.29, 0.717) is 11.5 Å². The molecule has 1 saturated carbocycles. The number of aromatic nitrogens is 1. The Kier molecular flexibility index (Phi) is 4.18. The van der Waals surface area contributed by atoms with Gasteiger partial charge in [0.15, 0.2) is 0 Å². The van der Waals surface area contributed by atoms with Crippen LogP contribution in [-0.2, 0) is 0 Å². The molecule has 25 heavy (non-hydrogen) atoms. The largest absolute Gasteiger partial charge is 0.345 e. The Morgan fingerprint density at radius 3 is 2.72 bits per heavy atom. The van der Waals surface area contributed by atoms with E-state index in [1.807, 2.05) is 30.3 Å². The number of nitrogens with zero attached hydrogens (tertiary/aromatic N) is 1. The molecule has 1 amide bonds. The molecule has 0 radical (unpaired) electrons. The lowest BCUT2D eigenvalue weighted by Gasteiger charge is -2.34. The molecule has 0 aliphatic heterocycles. The number of pyridine rings is 1. The van der Waals surface area contributed by atoms with Crippen LogP contribution in [-0.4, -0.2) is 10.9 Å². The molecule has 4 heteroatoms. The van der Waals surface area contributed by atoms with Gasteiger partial charge in [0.2, 0.25) is 0 Å². The second-order valence-electron chi connectivity index (χ2n) is 6.61. The van der Waals surface area contributed by atoms with E-state index in [0.717, 1.165) is 35.6 Å². The number of nitrogens with one attached hydrogen (secondary N) is 1. The Hall–Kier alpha value is -2.75. The van der Waals surface area contributed by atoms with Crippen LogP contribution in [0.2, 0.25) is 0 Å². The topological polar surface area (TPSA) is 42.0 Å². The number of halogens is 1. The van der Waals surface area contributed by atoms with Crippen molar-refractivity contribution in [3.63, 3.8) is 0 Å². The molecule has 3 aromatic rings. The average Bonchev–Trinajstić information content (AvgIpc) is 2.59. The molecule has 1 aromatic heterocycles. The monoisotopic (exact) mass is 334 g/mol. The minimum atomic E-state index is -0.275. The van der Waals surface area contributed by atoms with E-state index in [4.69, 9.17) is 0 Å². The average molecular weight is 334 g/mol. The first-order valence-electron chi connectivity index (χ1n) is 8.61. The Morgan fingerprint density at radius 1 is 1.12 bits per heavy atom. The van der Waals surface area contributed by atoms with Gasteiger partial charge in [-0.2, -0.15) is 0 Å². The maximum atomic E-state index is 13.7. The summed E-state index contributed by atoms with van der Waals surface area (Å²) in [5.41, 5.74) is 1.38. The molecule has 0 spiro atoms. The van der Waals surface area contributed by atoms with Gasteiger partial charge in [0.1, 0.15) is 5.82 Å². The number of amides is 1. The fourth-order valence-corrected chi connectivity index (χ4v) is 3.46. The van der Waals surface area contributed by atoms with Crippen LogP contribution in [0.15, 0.2) is 60.9 Å². The number of rotatable bonds is 4. The van der Waals surface area contributed by atoms with Gasteiger partial charge in [-0.1, -0.05) is 42.8 Å². The van der Waals surface area contributed by atoms with Crippen LogP contribution < -0.4 is 5.32 Å². The van der Waals surface area contributed by atoms with Crippen molar-refractivity contribution >= 4 is 16.7 Å². The van der Waals surface area contributed by atoms with Gasteiger partial charge in [-0.3, -0.25) is 9.78 Å². The highest BCUT2D eigenvalue weighted by atomic mass is 19.1. The van der Waals surface area contributed by atoms with Crippen LogP contribution in [0, 0.1) is 11.7 Å². The van der Waals surface area contributed by atoms with Crippen molar-refractivity contribution in [3.8, 4) is 0 Å². The summed E-state index contributed by atoms with van der Waals surface area (Å²) in [5, 5.41) is 4.93. The molecule has 126 valence electrons. The molecule has 1 fully saturated rings. The van der Waals surface area contributed by atoms with Crippen molar-refractivity contribution in [3.05, 3.63) is 77.9 Å². The molecule has 4 rings (SSSR count). The number of benzene rings is 2. The molecule has 1 heterocycles. The van der Waals surface area contributed by atoms with E-state index in [2.05, 4.69) is 10.3 Å². The highest BCUT2D eigenvalue weighted by molar-refractivity contribution is 6.06. The second-order valence-corrected chi connectivity index (χ2v) is 6.61. The van der Waals surface area contributed by atoms with Crippen molar-refractivity contribution in [1.82, 2.24) is 10.3 Å². The van der Waals surface area contributed by atoms with Crippen LogP contribution in [0.5, 0.6) is 0 Å². The minimum Gasteiger partial charge on any atom is -0.345 e. The van der Waals surface area contributed by atoms with E-state index in [1.54, 1.807) is 18.5 Å². The summed E-state index contributed by atoms with van der Waals surface area (Å²) in [4.78, 5) is 17.1. The number of hydrogen-bond acceptors (Lipinski definition) is 2. The summed E-state index contributed by atoms with van der Waals surface area (Å²) in [6.45, 7) is 0. The maximum Gasteiger partial charge on any atom is 0.253 e. The van der Waals surface area contributed by atoms with Gasteiger partial charge in [-0.25, -0.2) is 4.39 Å². The smallest absolute Gasteiger partial charge is 0.253 e. The zero-order valence-electron chi connectivity index (χ0n) is 13.8. The predicted octanol–water partition coefficient (Wildman–Crippen LogP) is 4.65. The number of carbonyl (C=O) groups excluding carboxylic acids is 1. The van der Waals surface area contributed by atoms with Gasteiger partial charge in [0, 0.05) is 17.8 Å². The summed E-state index contributed by atoms with van der Waals surface area (Å²) >= 11 is 0. The fourth-order valence-electron chi connectivity index (χ4n) is 3.46. The van der Waals surface area contributed by atoms with E-state index < -0.39 is 0 Å². The van der Waals surface area contributed by atoms with Crippen LogP contribution in [0.3, 0.4) is 0 Å². The van der Waals surface area contributed by atoms with Crippen LogP contribution in [0.4, 0.5) is 4.39 Å². The highest BCUT2D eigenvalue weighted by Crippen LogP contribution is 2.38. The number of fused-ring (bicyclic) bond motifs is 1. The quantitative estimate of drug-likeness (QED) is 0.755. The predicted molar refractivity (Wildman–Crippen MR) is 95.7 cm³/mol. The minimum absolute atomic E-state index is 0.162. The molecule has 1 aliphatic rings. The van der Waals surface area contributed by atoms with Crippen LogP contribution in [0.25, 0.3) is 10.8 Å². The molecule has 0 unspecified atom stereocenters. The molecule has 2 aromatic carbocycles. The normalized spacial score (nSPS) is 15.6. The van der Waals surface area contributed by atoms with Crippen molar-refractivity contribution in [1.29, 1.82) is 0 Å². The van der Waals surface area contributed by atoms with Gasteiger partial charge in [0.25, 0.3) is 5.91 Å². The third kappa shape index (κ3) is 3.12. The van der Waals surface area contributed by atoms with E-state index in [-0.39, 0.29) is 17.8 Å². The Balaban J connectivity index is 1.66. The fraction of sp³-hybridized carbons (Fsp3) is 0.238.